The van der Waals surface area contributed by atoms with Crippen molar-refractivity contribution in [2.24, 2.45) is 0 Å². The molecule has 0 saturated heterocycles. The van der Waals surface area contributed by atoms with Gasteiger partial charge in [-0.2, -0.15) is 0 Å². The Morgan fingerprint density at radius 1 is 1.44 bits per heavy atom. The molecule has 0 aromatic carbocycles. The van der Waals surface area contributed by atoms with Crippen LogP contribution in [0.5, 0.6) is 0 Å². The number of carbonyl (C=O) groups is 1. The quantitative estimate of drug-likeness (QED) is 0.594. The minimum atomic E-state index is -0.433. The van der Waals surface area contributed by atoms with Gasteiger partial charge in [-0.05, 0) is 25.1 Å². The largest absolute Gasteiger partial charge is 0.461 e. The fourth-order valence-corrected chi connectivity index (χ4v) is 1.55. The molecule has 0 unspecified atom stereocenters. The normalized spacial score (nSPS) is 10.4. The van der Waals surface area contributed by atoms with Gasteiger partial charge in [-0.15, -0.1) is 0 Å². The second kappa shape index (κ2) is 4.45. The van der Waals surface area contributed by atoms with Gasteiger partial charge in [0.15, 0.2) is 0 Å². The number of ether oxygens (including phenoxy) is 1. The summed E-state index contributed by atoms with van der Waals surface area (Å²) >= 11 is 5.88. The van der Waals surface area contributed by atoms with Crippen molar-refractivity contribution in [1.82, 2.24) is 9.97 Å². The Hall–Kier alpha value is -1.68. The van der Waals surface area contributed by atoms with Crippen molar-refractivity contribution in [3.05, 3.63) is 35.2 Å². The highest BCUT2D eigenvalue weighted by Crippen LogP contribution is 2.19. The Kier molecular flexibility index (Phi) is 3.01. The fraction of sp³-hybridized carbons (Fsp3) is 0.182. The van der Waals surface area contributed by atoms with E-state index in [-0.39, 0.29) is 5.69 Å². The molecule has 0 aliphatic heterocycles. The lowest BCUT2D eigenvalue weighted by molar-refractivity contribution is 0.0520. The van der Waals surface area contributed by atoms with Gasteiger partial charge in [0.25, 0.3) is 0 Å². The second-order valence-corrected chi connectivity index (χ2v) is 3.44. The molecule has 0 amide bonds. The number of rotatable bonds is 2. The van der Waals surface area contributed by atoms with Crippen molar-refractivity contribution < 1.29 is 9.53 Å². The van der Waals surface area contributed by atoms with Crippen LogP contribution in [0.25, 0.3) is 10.9 Å². The summed E-state index contributed by atoms with van der Waals surface area (Å²) in [4.78, 5) is 19.5. The zero-order valence-electron chi connectivity index (χ0n) is 8.61. The topological polar surface area (TPSA) is 52.1 Å². The van der Waals surface area contributed by atoms with Crippen LogP contribution in [0, 0.1) is 0 Å². The number of esters is 1. The third-order valence-corrected chi connectivity index (χ3v) is 2.35. The van der Waals surface area contributed by atoms with Crippen LogP contribution < -0.4 is 0 Å². The first kappa shape index (κ1) is 10.8. The molecular formula is C11H9ClN2O2. The third-order valence-electron chi connectivity index (χ3n) is 2.05. The minimum Gasteiger partial charge on any atom is -0.461 e. The number of carbonyl (C=O) groups excluding carboxylic acids is 1. The molecule has 5 heteroatoms. The molecule has 0 spiro atoms. The Labute approximate surface area is 97.2 Å². The van der Waals surface area contributed by atoms with Crippen LogP contribution in [0.4, 0.5) is 0 Å². The van der Waals surface area contributed by atoms with E-state index in [4.69, 9.17) is 16.3 Å². The summed E-state index contributed by atoms with van der Waals surface area (Å²) in [6.45, 7) is 2.08. The van der Waals surface area contributed by atoms with E-state index in [9.17, 15) is 4.79 Å². The number of hydrogen-bond acceptors (Lipinski definition) is 4. The van der Waals surface area contributed by atoms with Crippen molar-refractivity contribution in [3.63, 3.8) is 0 Å². The molecule has 0 aliphatic rings. The zero-order chi connectivity index (χ0) is 11.5. The molecule has 2 aromatic heterocycles. The van der Waals surface area contributed by atoms with Crippen molar-refractivity contribution >= 4 is 28.5 Å². The van der Waals surface area contributed by atoms with Crippen LogP contribution in [0.2, 0.25) is 5.15 Å². The number of fused-ring (bicyclic) bond motifs is 1. The summed E-state index contributed by atoms with van der Waals surface area (Å²) < 4.78 is 4.86. The van der Waals surface area contributed by atoms with Gasteiger partial charge in [0.2, 0.25) is 0 Å². The van der Waals surface area contributed by atoms with Gasteiger partial charge >= 0.3 is 5.97 Å². The van der Waals surface area contributed by atoms with Gasteiger partial charge in [-0.25, -0.2) is 14.8 Å². The lowest BCUT2D eigenvalue weighted by Crippen LogP contribution is -2.06. The van der Waals surface area contributed by atoms with Crippen molar-refractivity contribution in [1.29, 1.82) is 0 Å². The molecule has 16 heavy (non-hydrogen) atoms. The standard InChI is InChI=1S/C11H9ClN2O2/c1-2-16-11(15)9-4-3-7-8(14-9)5-6-13-10(7)12/h3-6H,2H2,1H3. The molecule has 2 rings (SSSR count). The van der Waals surface area contributed by atoms with Gasteiger partial charge in [-0.1, -0.05) is 11.6 Å². The molecule has 82 valence electrons. The molecule has 2 heterocycles. The number of hydrogen-bond donors (Lipinski definition) is 0. The summed E-state index contributed by atoms with van der Waals surface area (Å²) in [7, 11) is 0. The summed E-state index contributed by atoms with van der Waals surface area (Å²) in [6.07, 6.45) is 1.55. The lowest BCUT2D eigenvalue weighted by atomic mass is 10.2. The number of pyridine rings is 2. The predicted molar refractivity (Wildman–Crippen MR) is 60.5 cm³/mol. The average molecular weight is 237 g/mol. The van der Waals surface area contributed by atoms with E-state index >= 15 is 0 Å². The summed E-state index contributed by atoms with van der Waals surface area (Å²) in [6, 6.07) is 4.99. The molecule has 0 fully saturated rings. The van der Waals surface area contributed by atoms with E-state index in [1.807, 2.05) is 0 Å². The van der Waals surface area contributed by atoms with E-state index in [0.29, 0.717) is 17.3 Å². The first-order chi connectivity index (χ1) is 7.72. The smallest absolute Gasteiger partial charge is 0.356 e. The summed E-state index contributed by atoms with van der Waals surface area (Å²) in [5.74, 6) is -0.433. The van der Waals surface area contributed by atoms with E-state index in [1.165, 1.54) is 0 Å². The first-order valence-corrected chi connectivity index (χ1v) is 5.18. The number of aromatic nitrogens is 2. The second-order valence-electron chi connectivity index (χ2n) is 3.09. The maximum absolute atomic E-state index is 11.4. The van der Waals surface area contributed by atoms with Gasteiger partial charge in [-0.3, -0.25) is 0 Å². The monoisotopic (exact) mass is 236 g/mol. The maximum atomic E-state index is 11.4. The molecule has 0 radical (unpaired) electrons. The highest BCUT2D eigenvalue weighted by molar-refractivity contribution is 6.34. The maximum Gasteiger partial charge on any atom is 0.356 e. The molecule has 4 nitrogen and oxygen atoms in total. The van der Waals surface area contributed by atoms with E-state index in [2.05, 4.69) is 9.97 Å². The SMILES string of the molecule is CCOC(=O)c1ccc2c(Cl)nccc2n1. The van der Waals surface area contributed by atoms with Crippen LogP contribution in [0.3, 0.4) is 0 Å². The molecule has 0 atom stereocenters. The Bertz CT molecular complexity index is 542. The molecule has 0 bridgehead atoms. The first-order valence-electron chi connectivity index (χ1n) is 4.80. The van der Waals surface area contributed by atoms with Crippen molar-refractivity contribution in [2.75, 3.05) is 6.61 Å². The number of halogens is 1. The summed E-state index contributed by atoms with van der Waals surface area (Å²) in [5.41, 5.74) is 0.905. The van der Waals surface area contributed by atoms with Crippen LogP contribution in [-0.2, 0) is 4.74 Å². The van der Waals surface area contributed by atoms with Gasteiger partial charge in [0.1, 0.15) is 10.8 Å². The Morgan fingerprint density at radius 3 is 3.00 bits per heavy atom. The Morgan fingerprint density at radius 2 is 2.25 bits per heavy atom. The predicted octanol–water partition coefficient (Wildman–Crippen LogP) is 2.46. The van der Waals surface area contributed by atoms with Crippen LogP contribution >= 0.6 is 11.6 Å². The molecule has 0 saturated carbocycles. The number of nitrogens with zero attached hydrogens (tertiary/aromatic N) is 2. The van der Waals surface area contributed by atoms with Crippen LogP contribution in [0.15, 0.2) is 24.4 Å². The lowest BCUT2D eigenvalue weighted by Gasteiger charge is -2.03. The van der Waals surface area contributed by atoms with Gasteiger partial charge in [0, 0.05) is 11.6 Å². The third kappa shape index (κ3) is 1.97. The zero-order valence-corrected chi connectivity index (χ0v) is 9.36. The van der Waals surface area contributed by atoms with E-state index in [0.717, 1.165) is 5.39 Å². The fourth-order valence-electron chi connectivity index (χ4n) is 1.34. The molecule has 0 N–H and O–H groups in total. The highest BCUT2D eigenvalue weighted by atomic mass is 35.5. The minimum absolute atomic E-state index is 0.275. The average Bonchev–Trinajstić information content (AvgIpc) is 2.29. The van der Waals surface area contributed by atoms with E-state index < -0.39 is 5.97 Å². The van der Waals surface area contributed by atoms with E-state index in [1.54, 1.807) is 31.3 Å². The van der Waals surface area contributed by atoms with Gasteiger partial charge < -0.3 is 4.74 Å². The molecule has 2 aromatic rings. The van der Waals surface area contributed by atoms with Crippen molar-refractivity contribution in [2.45, 2.75) is 6.92 Å². The van der Waals surface area contributed by atoms with Crippen LogP contribution in [-0.4, -0.2) is 22.5 Å². The van der Waals surface area contributed by atoms with Crippen LogP contribution in [0.1, 0.15) is 17.4 Å². The molecule has 0 aliphatic carbocycles. The summed E-state index contributed by atoms with van der Waals surface area (Å²) in [5, 5.41) is 1.10. The van der Waals surface area contributed by atoms with Crippen molar-refractivity contribution in [3.8, 4) is 0 Å². The van der Waals surface area contributed by atoms with Gasteiger partial charge in [0.05, 0.1) is 12.1 Å². The highest BCUT2D eigenvalue weighted by Gasteiger charge is 2.09. The Balaban J connectivity index is 2.48. The molecular weight excluding hydrogens is 228 g/mol.